The molecule has 1 N–H and O–H groups in total. The Kier molecular flexibility index (Phi) is 4.85. The Balaban J connectivity index is 1.57. The molecule has 33 heavy (non-hydrogen) atoms. The lowest BCUT2D eigenvalue weighted by molar-refractivity contribution is -0.294. The average molecular weight is 438 g/mol. The normalized spacial score (nSPS) is 31.2. The highest BCUT2D eigenvalue weighted by molar-refractivity contribution is 5.89. The smallest absolute Gasteiger partial charge is 0.217 e. The topological polar surface area (TPSA) is 123 Å². The van der Waals surface area contributed by atoms with Crippen LogP contribution in [0.15, 0.2) is 54.6 Å². The van der Waals surface area contributed by atoms with Gasteiger partial charge in [0, 0.05) is 6.42 Å². The van der Waals surface area contributed by atoms with E-state index in [2.05, 4.69) is 18.2 Å². The molecule has 0 spiro atoms. The van der Waals surface area contributed by atoms with E-state index in [9.17, 15) is 15.8 Å². The summed E-state index contributed by atoms with van der Waals surface area (Å²) in [4.78, 5) is 0. The van der Waals surface area contributed by atoms with Crippen LogP contribution < -0.4 is 4.74 Å². The third kappa shape index (κ3) is 2.78. The van der Waals surface area contributed by atoms with Crippen molar-refractivity contribution in [1.82, 2.24) is 0 Å². The Bertz CT molecular complexity index is 1210. The monoisotopic (exact) mass is 438 g/mol. The first kappa shape index (κ1) is 21.0. The number of benzene rings is 2. The predicted octanol–water partition coefficient (Wildman–Crippen LogP) is 4.77. The minimum Gasteiger partial charge on any atom is -0.489 e. The standard InChI is InChI=1S/C26H22N4O3/c27-15-24(16-28)22(19-9-6-10-20(13-19)31-14-18-7-2-1-3-8-18)32-26-12-5-4-11-21(26)25(24,17-29)23(30)33-26/h1-3,6-10,13,21-22,30H,4-5,11-12,14H2. The zero-order valence-corrected chi connectivity index (χ0v) is 18.0. The van der Waals surface area contributed by atoms with Crippen molar-refractivity contribution in [3.63, 3.8) is 0 Å². The van der Waals surface area contributed by atoms with Crippen molar-refractivity contribution in [3.05, 3.63) is 65.7 Å². The number of hydrogen-bond donors (Lipinski definition) is 1. The van der Waals surface area contributed by atoms with E-state index in [-0.39, 0.29) is 5.90 Å². The van der Waals surface area contributed by atoms with Crippen LogP contribution in [0.4, 0.5) is 0 Å². The number of hydrogen-bond acceptors (Lipinski definition) is 7. The van der Waals surface area contributed by atoms with Gasteiger partial charge in [0.25, 0.3) is 0 Å². The van der Waals surface area contributed by atoms with Gasteiger partial charge >= 0.3 is 0 Å². The summed E-state index contributed by atoms with van der Waals surface area (Å²) in [6.45, 7) is 0.360. The number of nitrogens with one attached hydrogen (secondary N) is 1. The fraction of sp³-hybridized carbons (Fsp3) is 0.385. The zero-order chi connectivity index (χ0) is 23.1. The van der Waals surface area contributed by atoms with Gasteiger partial charge in [0.1, 0.15) is 18.5 Å². The van der Waals surface area contributed by atoms with Gasteiger partial charge in [0.15, 0.2) is 5.41 Å². The van der Waals surface area contributed by atoms with Crippen LogP contribution in [0.3, 0.4) is 0 Å². The molecule has 2 saturated heterocycles. The number of rotatable bonds is 4. The van der Waals surface area contributed by atoms with E-state index in [1.165, 1.54) is 0 Å². The molecule has 5 rings (SSSR count). The van der Waals surface area contributed by atoms with Gasteiger partial charge in [0.05, 0.1) is 24.1 Å². The van der Waals surface area contributed by atoms with Gasteiger partial charge in [-0.15, -0.1) is 0 Å². The molecule has 0 amide bonds. The minimum atomic E-state index is -1.93. The molecule has 0 aromatic heterocycles. The minimum absolute atomic E-state index is 0.334. The second kappa shape index (κ2) is 7.62. The van der Waals surface area contributed by atoms with E-state index in [1.54, 1.807) is 24.3 Å². The molecule has 1 saturated carbocycles. The van der Waals surface area contributed by atoms with Crippen LogP contribution >= 0.6 is 0 Å². The molecule has 3 fully saturated rings. The van der Waals surface area contributed by atoms with Gasteiger partial charge in [0.2, 0.25) is 17.1 Å². The van der Waals surface area contributed by atoms with Gasteiger partial charge in [-0.25, -0.2) is 0 Å². The maximum absolute atomic E-state index is 10.3. The van der Waals surface area contributed by atoms with E-state index in [1.807, 2.05) is 30.3 Å². The first-order valence-corrected chi connectivity index (χ1v) is 11.0. The molecule has 164 valence electrons. The van der Waals surface area contributed by atoms with Gasteiger partial charge in [-0.2, -0.15) is 15.8 Å². The first-order chi connectivity index (χ1) is 16.0. The fourth-order valence-electron chi connectivity index (χ4n) is 5.67. The van der Waals surface area contributed by atoms with Crippen molar-refractivity contribution < 1.29 is 14.2 Å². The lowest BCUT2D eigenvalue weighted by Gasteiger charge is -2.51. The highest BCUT2D eigenvalue weighted by atomic mass is 16.7. The lowest BCUT2D eigenvalue weighted by Crippen LogP contribution is -2.60. The van der Waals surface area contributed by atoms with Crippen molar-refractivity contribution >= 4 is 5.90 Å². The van der Waals surface area contributed by atoms with Crippen molar-refractivity contribution in [3.8, 4) is 24.0 Å². The summed E-state index contributed by atoms with van der Waals surface area (Å²) in [5.41, 5.74) is -2.07. The molecular formula is C26H22N4O3. The van der Waals surface area contributed by atoms with Crippen LogP contribution in [0, 0.1) is 56.2 Å². The average Bonchev–Trinajstić information content (AvgIpc) is 3.07. The maximum Gasteiger partial charge on any atom is 0.217 e. The Morgan fingerprint density at radius 3 is 2.52 bits per heavy atom. The largest absolute Gasteiger partial charge is 0.489 e. The molecule has 2 aliphatic heterocycles. The highest BCUT2D eigenvalue weighted by Crippen LogP contribution is 2.69. The zero-order valence-electron chi connectivity index (χ0n) is 18.0. The molecule has 2 bridgehead atoms. The van der Waals surface area contributed by atoms with Crippen molar-refractivity contribution in [2.24, 2.45) is 16.7 Å². The quantitative estimate of drug-likeness (QED) is 0.733. The van der Waals surface area contributed by atoms with Crippen LogP contribution in [-0.2, 0) is 16.1 Å². The second-order valence-corrected chi connectivity index (χ2v) is 8.84. The number of ether oxygens (including phenoxy) is 3. The van der Waals surface area contributed by atoms with E-state index in [4.69, 9.17) is 19.6 Å². The molecular weight excluding hydrogens is 416 g/mol. The van der Waals surface area contributed by atoms with E-state index in [0.717, 1.165) is 18.4 Å². The first-order valence-electron chi connectivity index (χ1n) is 11.0. The van der Waals surface area contributed by atoms with Crippen molar-refractivity contribution in [2.75, 3.05) is 0 Å². The molecule has 1 aliphatic carbocycles. The van der Waals surface area contributed by atoms with Crippen molar-refractivity contribution in [1.29, 1.82) is 21.2 Å². The number of nitriles is 3. The Labute approximate surface area is 192 Å². The van der Waals surface area contributed by atoms with Crippen LogP contribution in [0.25, 0.3) is 0 Å². The molecule has 3 aliphatic rings. The third-order valence-electron chi connectivity index (χ3n) is 7.23. The molecule has 2 heterocycles. The van der Waals surface area contributed by atoms with Crippen LogP contribution in [0.5, 0.6) is 5.75 Å². The number of nitrogens with zero attached hydrogens (tertiary/aromatic N) is 3. The van der Waals surface area contributed by atoms with Crippen molar-refractivity contribution in [2.45, 2.75) is 44.2 Å². The van der Waals surface area contributed by atoms with Gasteiger partial charge in [-0.3, -0.25) is 5.41 Å². The molecule has 4 atom stereocenters. The molecule has 7 nitrogen and oxygen atoms in total. The SMILES string of the molecule is N#CC1(C#N)C(c2cccc(OCc3ccccc3)c2)OC23CCCCC2C1(C#N)C(=N)O3. The van der Waals surface area contributed by atoms with Crippen LogP contribution in [-0.4, -0.2) is 11.7 Å². The van der Waals surface area contributed by atoms with Gasteiger partial charge in [-0.05, 0) is 36.1 Å². The Morgan fingerprint density at radius 1 is 1.00 bits per heavy atom. The highest BCUT2D eigenvalue weighted by Gasteiger charge is 2.80. The molecule has 2 aromatic carbocycles. The molecule has 2 aromatic rings. The summed E-state index contributed by atoms with van der Waals surface area (Å²) < 4.78 is 18.3. The van der Waals surface area contributed by atoms with Crippen LogP contribution in [0.2, 0.25) is 0 Å². The molecule has 7 heteroatoms. The summed E-state index contributed by atoms with van der Waals surface area (Å²) in [5.74, 6) is -1.49. The van der Waals surface area contributed by atoms with Crippen LogP contribution in [0.1, 0.15) is 42.9 Å². The molecule has 0 radical (unpaired) electrons. The van der Waals surface area contributed by atoms with Gasteiger partial charge in [-0.1, -0.05) is 48.9 Å². The van der Waals surface area contributed by atoms with E-state index >= 15 is 0 Å². The Morgan fingerprint density at radius 2 is 1.79 bits per heavy atom. The summed E-state index contributed by atoms with van der Waals surface area (Å²) in [5, 5.41) is 39.6. The second-order valence-electron chi connectivity index (χ2n) is 8.84. The fourth-order valence-corrected chi connectivity index (χ4v) is 5.67. The summed E-state index contributed by atoms with van der Waals surface area (Å²) in [7, 11) is 0. The molecule has 4 unspecified atom stereocenters. The van der Waals surface area contributed by atoms with E-state index in [0.29, 0.717) is 30.8 Å². The Hall–Kier alpha value is -3.86. The summed E-state index contributed by atoms with van der Waals surface area (Å²) >= 11 is 0. The third-order valence-corrected chi connectivity index (χ3v) is 7.23. The summed E-state index contributed by atoms with van der Waals surface area (Å²) in [6, 6.07) is 23.2. The summed E-state index contributed by atoms with van der Waals surface area (Å²) in [6.07, 6.45) is 1.66. The van der Waals surface area contributed by atoms with Gasteiger partial charge < -0.3 is 14.2 Å². The maximum atomic E-state index is 10.3. The predicted molar refractivity (Wildman–Crippen MR) is 116 cm³/mol. The van der Waals surface area contributed by atoms with E-state index < -0.39 is 28.6 Å². The lowest BCUT2D eigenvalue weighted by atomic mass is 9.51.